The number of benzene rings is 2. The number of nitrogens with zero attached hydrogens (tertiary/aromatic N) is 4. The summed E-state index contributed by atoms with van der Waals surface area (Å²) in [6.45, 7) is 7.17. The molecule has 0 bridgehead atoms. The van der Waals surface area contributed by atoms with Crippen LogP contribution in [0.5, 0.6) is 5.75 Å². The number of ether oxygens (including phenoxy) is 1. The van der Waals surface area contributed by atoms with Gasteiger partial charge in [0.15, 0.2) is 12.4 Å². The topological polar surface area (TPSA) is 50.6 Å². The summed E-state index contributed by atoms with van der Waals surface area (Å²) in [5.74, 6) is 0.411. The van der Waals surface area contributed by atoms with Crippen LogP contribution in [-0.2, 0) is 13.3 Å². The third-order valence-corrected chi connectivity index (χ3v) is 6.24. The molecule has 2 aromatic carbocycles. The van der Waals surface area contributed by atoms with Crippen molar-refractivity contribution in [3.05, 3.63) is 81.9 Å². The molecule has 4 rings (SSSR count). The molecule has 1 amide bonds. The zero-order valence-electron chi connectivity index (χ0n) is 18.2. The Balaban J connectivity index is 1.30. The summed E-state index contributed by atoms with van der Waals surface area (Å²) in [6.07, 6.45) is 1.73. The number of hydrogen-bond acceptors (Lipinski definition) is 4. The van der Waals surface area contributed by atoms with Crippen molar-refractivity contribution in [3.63, 3.8) is 0 Å². The molecule has 1 aliphatic rings. The van der Waals surface area contributed by atoms with Crippen LogP contribution in [0.25, 0.3) is 0 Å². The average Bonchev–Trinajstić information content (AvgIpc) is 3.26. The van der Waals surface area contributed by atoms with Crippen molar-refractivity contribution in [2.24, 2.45) is 0 Å². The van der Waals surface area contributed by atoms with Crippen molar-refractivity contribution in [1.82, 2.24) is 19.6 Å². The van der Waals surface area contributed by atoms with Gasteiger partial charge in [-0.3, -0.25) is 9.69 Å². The largest absolute Gasteiger partial charge is 0.471 e. The standard InChI is InChI=1S/C24H26ClFN4O2/c1-17-13-20(14-18(2)23(17)25)32-16-30-8-7-22(27-30)24(31)29-11-9-28(10-12-29)15-19-5-3-4-6-21(19)26/h3-8,13-14H,9-12,15-16H2,1-2H3. The van der Waals surface area contributed by atoms with Gasteiger partial charge >= 0.3 is 0 Å². The van der Waals surface area contributed by atoms with E-state index in [0.29, 0.717) is 49.7 Å². The molecule has 0 spiro atoms. The number of hydrogen-bond donors (Lipinski definition) is 0. The summed E-state index contributed by atoms with van der Waals surface area (Å²) in [5.41, 5.74) is 2.97. The number of rotatable bonds is 6. The van der Waals surface area contributed by atoms with E-state index in [4.69, 9.17) is 16.3 Å². The maximum absolute atomic E-state index is 13.9. The van der Waals surface area contributed by atoms with E-state index < -0.39 is 0 Å². The van der Waals surface area contributed by atoms with Crippen molar-refractivity contribution in [2.75, 3.05) is 26.2 Å². The summed E-state index contributed by atoms with van der Waals surface area (Å²) in [6, 6.07) is 12.3. The molecule has 6 nitrogen and oxygen atoms in total. The molecule has 1 aromatic heterocycles. The molecule has 0 atom stereocenters. The zero-order valence-corrected chi connectivity index (χ0v) is 19.0. The molecule has 0 radical (unpaired) electrons. The van der Waals surface area contributed by atoms with Gasteiger partial charge in [-0.1, -0.05) is 29.8 Å². The Morgan fingerprint density at radius 1 is 1.09 bits per heavy atom. The third kappa shape index (κ3) is 5.11. The van der Waals surface area contributed by atoms with Gasteiger partial charge in [0.25, 0.3) is 5.91 Å². The predicted molar refractivity (Wildman–Crippen MR) is 121 cm³/mol. The molecule has 8 heteroatoms. The number of carbonyl (C=O) groups excluding carboxylic acids is 1. The molecule has 32 heavy (non-hydrogen) atoms. The van der Waals surface area contributed by atoms with E-state index in [1.165, 1.54) is 6.07 Å². The van der Waals surface area contributed by atoms with Gasteiger partial charge in [0.1, 0.15) is 11.6 Å². The van der Waals surface area contributed by atoms with E-state index in [1.807, 2.05) is 32.0 Å². The van der Waals surface area contributed by atoms with Gasteiger partial charge in [0, 0.05) is 49.5 Å². The average molecular weight is 457 g/mol. The fourth-order valence-corrected chi connectivity index (χ4v) is 3.93. The molecule has 1 aliphatic heterocycles. The fourth-order valence-electron chi connectivity index (χ4n) is 3.82. The molecule has 1 fully saturated rings. The summed E-state index contributed by atoms with van der Waals surface area (Å²) in [4.78, 5) is 16.8. The Labute approximate surface area is 192 Å². The van der Waals surface area contributed by atoms with Crippen LogP contribution < -0.4 is 4.74 Å². The van der Waals surface area contributed by atoms with Crippen molar-refractivity contribution < 1.29 is 13.9 Å². The number of piperazine rings is 1. The van der Waals surface area contributed by atoms with E-state index in [-0.39, 0.29) is 18.5 Å². The maximum atomic E-state index is 13.9. The van der Waals surface area contributed by atoms with Gasteiger partial charge in [-0.15, -0.1) is 0 Å². The molecule has 0 N–H and O–H groups in total. The van der Waals surface area contributed by atoms with Gasteiger partial charge in [-0.25, -0.2) is 9.07 Å². The minimum Gasteiger partial charge on any atom is -0.471 e. The molecule has 2 heterocycles. The van der Waals surface area contributed by atoms with Crippen LogP contribution in [0, 0.1) is 19.7 Å². The molecule has 0 aliphatic carbocycles. The second-order valence-corrected chi connectivity index (χ2v) is 8.42. The summed E-state index contributed by atoms with van der Waals surface area (Å²) >= 11 is 6.20. The van der Waals surface area contributed by atoms with Gasteiger partial charge in [-0.05, 0) is 49.2 Å². The van der Waals surface area contributed by atoms with Crippen molar-refractivity contribution in [2.45, 2.75) is 27.1 Å². The first-order valence-corrected chi connectivity index (χ1v) is 11.0. The smallest absolute Gasteiger partial charge is 0.274 e. The van der Waals surface area contributed by atoms with Gasteiger partial charge in [0.2, 0.25) is 0 Å². The predicted octanol–water partition coefficient (Wildman–Crippen LogP) is 4.29. The quantitative estimate of drug-likeness (QED) is 0.555. The first-order valence-electron chi connectivity index (χ1n) is 10.6. The Morgan fingerprint density at radius 3 is 2.47 bits per heavy atom. The normalized spacial score (nSPS) is 14.6. The zero-order chi connectivity index (χ0) is 22.7. The van der Waals surface area contributed by atoms with E-state index in [0.717, 1.165) is 16.1 Å². The number of carbonyl (C=O) groups is 1. The van der Waals surface area contributed by atoms with Crippen LogP contribution in [0.15, 0.2) is 48.7 Å². The van der Waals surface area contributed by atoms with Crippen molar-refractivity contribution in [1.29, 1.82) is 0 Å². The van der Waals surface area contributed by atoms with Crippen molar-refractivity contribution >= 4 is 17.5 Å². The van der Waals surface area contributed by atoms with Crippen LogP contribution >= 0.6 is 11.6 Å². The maximum Gasteiger partial charge on any atom is 0.274 e. The highest BCUT2D eigenvalue weighted by atomic mass is 35.5. The van der Waals surface area contributed by atoms with Crippen LogP contribution in [-0.4, -0.2) is 51.7 Å². The lowest BCUT2D eigenvalue weighted by atomic mass is 10.1. The summed E-state index contributed by atoms with van der Waals surface area (Å²) < 4.78 is 21.3. The lowest BCUT2D eigenvalue weighted by Gasteiger charge is -2.34. The minimum atomic E-state index is -0.192. The fraction of sp³-hybridized carbons (Fsp3) is 0.333. The van der Waals surface area contributed by atoms with Gasteiger partial charge in [0.05, 0.1) is 0 Å². The Kier molecular flexibility index (Phi) is 6.77. The van der Waals surface area contributed by atoms with Gasteiger partial charge < -0.3 is 9.64 Å². The highest BCUT2D eigenvalue weighted by Crippen LogP contribution is 2.26. The molecular formula is C24H26ClFN4O2. The van der Waals surface area contributed by atoms with E-state index in [2.05, 4.69) is 10.00 Å². The summed E-state index contributed by atoms with van der Waals surface area (Å²) in [5, 5.41) is 5.11. The lowest BCUT2D eigenvalue weighted by Crippen LogP contribution is -2.48. The first-order chi connectivity index (χ1) is 15.4. The molecule has 1 saturated heterocycles. The van der Waals surface area contributed by atoms with Crippen LogP contribution in [0.4, 0.5) is 4.39 Å². The Hall–Kier alpha value is -2.90. The Morgan fingerprint density at radius 2 is 1.78 bits per heavy atom. The number of aromatic nitrogens is 2. The highest BCUT2D eigenvalue weighted by molar-refractivity contribution is 6.32. The van der Waals surface area contributed by atoms with Gasteiger partial charge in [-0.2, -0.15) is 5.10 Å². The molecule has 3 aromatic rings. The van der Waals surface area contributed by atoms with Crippen LogP contribution in [0.3, 0.4) is 0 Å². The Bertz CT molecular complexity index is 1090. The van der Waals surface area contributed by atoms with E-state index in [9.17, 15) is 9.18 Å². The lowest BCUT2D eigenvalue weighted by molar-refractivity contribution is 0.0619. The molecular weight excluding hydrogens is 431 g/mol. The molecule has 0 saturated carbocycles. The number of aryl methyl sites for hydroxylation is 2. The molecule has 168 valence electrons. The second kappa shape index (κ2) is 9.71. The summed E-state index contributed by atoms with van der Waals surface area (Å²) in [7, 11) is 0. The van der Waals surface area contributed by atoms with Crippen LogP contribution in [0.2, 0.25) is 5.02 Å². The number of halogens is 2. The van der Waals surface area contributed by atoms with Crippen LogP contribution in [0.1, 0.15) is 27.2 Å². The SMILES string of the molecule is Cc1cc(OCn2ccc(C(=O)N3CCN(Cc4ccccc4F)CC3)n2)cc(C)c1Cl. The minimum absolute atomic E-state index is 0.104. The van der Waals surface area contributed by atoms with E-state index >= 15 is 0 Å². The van der Waals surface area contributed by atoms with E-state index in [1.54, 1.807) is 34.0 Å². The molecule has 0 unspecified atom stereocenters. The third-order valence-electron chi connectivity index (χ3n) is 5.64. The monoisotopic (exact) mass is 456 g/mol. The highest BCUT2D eigenvalue weighted by Gasteiger charge is 2.24. The second-order valence-electron chi connectivity index (χ2n) is 8.04. The first kappa shape index (κ1) is 22.3. The van der Waals surface area contributed by atoms with Crippen molar-refractivity contribution in [3.8, 4) is 5.75 Å². The number of amides is 1.